The maximum Gasteiger partial charge on any atom is 0.379 e. The fraction of sp³-hybridized carbons (Fsp3) is 0.100. The Morgan fingerprint density at radius 2 is 1.90 bits per heavy atom. The molecule has 0 radical (unpaired) electrons. The highest BCUT2D eigenvalue weighted by atomic mass is 35.5. The molecule has 2 aromatic carbocycles. The molecule has 0 aliphatic heterocycles. The number of halogens is 1. The number of hydrogen-bond acceptors (Lipinski definition) is 7. The number of esters is 1. The van der Waals surface area contributed by atoms with Crippen molar-refractivity contribution in [2.75, 3.05) is 6.61 Å². The van der Waals surface area contributed by atoms with Gasteiger partial charge in [0, 0.05) is 22.1 Å². The van der Waals surface area contributed by atoms with E-state index in [0.29, 0.717) is 11.1 Å². The minimum absolute atomic E-state index is 0.0210. The topological polar surface area (TPSA) is 149 Å². The van der Waals surface area contributed by atoms with Crippen molar-refractivity contribution < 1.29 is 19.2 Å². The molecule has 0 saturated heterocycles. The van der Waals surface area contributed by atoms with E-state index in [0.717, 1.165) is 0 Å². The number of nitrogen functional groups attached to an aromatic ring is 1. The van der Waals surface area contributed by atoms with Gasteiger partial charge in [-0.15, -0.1) is 0 Å². The lowest BCUT2D eigenvalue weighted by molar-refractivity contribution is -0.389. The van der Waals surface area contributed by atoms with Crippen LogP contribution in [0.15, 0.2) is 42.5 Å². The lowest BCUT2D eigenvalue weighted by Gasteiger charge is -2.14. The van der Waals surface area contributed by atoms with Crippen LogP contribution in [0.1, 0.15) is 33.2 Å². The molecule has 1 aromatic heterocycles. The van der Waals surface area contributed by atoms with Crippen molar-refractivity contribution in [2.45, 2.75) is 6.92 Å². The highest BCUT2D eigenvalue weighted by Gasteiger charge is 2.32. The van der Waals surface area contributed by atoms with Crippen LogP contribution in [0.5, 0.6) is 0 Å². The van der Waals surface area contributed by atoms with E-state index in [-0.39, 0.29) is 34.5 Å². The molecule has 0 spiro atoms. The summed E-state index contributed by atoms with van der Waals surface area (Å²) in [6, 6.07) is 10.5. The molecule has 0 fully saturated rings. The lowest BCUT2D eigenvalue weighted by atomic mass is 9.92. The first-order valence-corrected chi connectivity index (χ1v) is 9.07. The van der Waals surface area contributed by atoms with Gasteiger partial charge >= 0.3 is 11.8 Å². The Balaban J connectivity index is 2.52. The smallest absolute Gasteiger partial charge is 0.379 e. The van der Waals surface area contributed by atoms with Crippen molar-refractivity contribution in [1.82, 2.24) is 4.98 Å². The number of amidine groups is 1. The molecule has 3 aromatic rings. The third kappa shape index (κ3) is 3.70. The van der Waals surface area contributed by atoms with Crippen molar-refractivity contribution in [2.24, 2.45) is 5.73 Å². The molecule has 0 amide bonds. The second-order valence-corrected chi connectivity index (χ2v) is 6.47. The normalized spacial score (nSPS) is 10.6. The first-order chi connectivity index (χ1) is 14.3. The van der Waals surface area contributed by atoms with Crippen molar-refractivity contribution in [3.05, 3.63) is 69.3 Å². The second-order valence-electron chi connectivity index (χ2n) is 6.13. The largest absolute Gasteiger partial charge is 0.462 e. The summed E-state index contributed by atoms with van der Waals surface area (Å²) in [6.07, 6.45) is 0. The third-order valence-electron chi connectivity index (χ3n) is 4.34. The van der Waals surface area contributed by atoms with E-state index in [2.05, 4.69) is 4.98 Å². The molecule has 0 saturated carbocycles. The summed E-state index contributed by atoms with van der Waals surface area (Å²) in [6.45, 7) is 1.54. The molecule has 3 rings (SSSR count). The summed E-state index contributed by atoms with van der Waals surface area (Å²) < 4.78 is 5.04. The zero-order valence-corrected chi connectivity index (χ0v) is 16.4. The Morgan fingerprint density at radius 1 is 1.23 bits per heavy atom. The Hall–Kier alpha value is -3.85. The first-order valence-electron chi connectivity index (χ1n) is 8.69. The van der Waals surface area contributed by atoms with Crippen LogP contribution in [-0.2, 0) is 4.74 Å². The number of benzene rings is 2. The van der Waals surface area contributed by atoms with Crippen LogP contribution in [0.2, 0.25) is 0 Å². The Kier molecular flexibility index (Phi) is 5.74. The Morgan fingerprint density at radius 3 is 2.43 bits per heavy atom. The summed E-state index contributed by atoms with van der Waals surface area (Å²) in [5, 5.41) is 18.6. The van der Waals surface area contributed by atoms with Gasteiger partial charge < -0.3 is 20.6 Å². The van der Waals surface area contributed by atoms with E-state index in [9.17, 15) is 19.7 Å². The molecule has 152 valence electrons. The minimum atomic E-state index is -0.957. The molecule has 0 unspecified atom stereocenters. The molecule has 30 heavy (non-hydrogen) atoms. The molecule has 9 nitrogen and oxygen atoms in total. The van der Waals surface area contributed by atoms with Gasteiger partial charge in [0.2, 0.25) is 0 Å². The van der Waals surface area contributed by atoms with Crippen LogP contribution in [0, 0.1) is 15.5 Å². The van der Waals surface area contributed by atoms with E-state index in [1.165, 1.54) is 42.5 Å². The summed E-state index contributed by atoms with van der Waals surface area (Å²) in [4.78, 5) is 39.7. The van der Waals surface area contributed by atoms with Crippen molar-refractivity contribution in [3.8, 4) is 11.1 Å². The monoisotopic (exact) mass is 426 g/mol. The van der Waals surface area contributed by atoms with Gasteiger partial charge in [-0.1, -0.05) is 30.3 Å². The SMILES string of the molecule is CCOC(=O)c1c([N+](=O)[O-])nc2cccc(C(=O)Cl)c2c1-c1ccc(C(=N)N)cc1. The zero-order chi connectivity index (χ0) is 22.0. The maximum absolute atomic E-state index is 12.7. The van der Waals surface area contributed by atoms with Crippen LogP contribution < -0.4 is 5.73 Å². The van der Waals surface area contributed by atoms with E-state index < -0.39 is 27.5 Å². The highest BCUT2D eigenvalue weighted by Crippen LogP contribution is 2.38. The van der Waals surface area contributed by atoms with E-state index in [1.54, 1.807) is 6.92 Å². The van der Waals surface area contributed by atoms with Gasteiger partial charge in [0.05, 0.1) is 6.61 Å². The summed E-state index contributed by atoms with van der Waals surface area (Å²) in [5.41, 5.74) is 6.11. The molecule has 0 aliphatic rings. The Bertz CT molecular complexity index is 1210. The maximum atomic E-state index is 12.7. The summed E-state index contributed by atoms with van der Waals surface area (Å²) >= 11 is 5.74. The number of rotatable bonds is 6. The number of nitrogens with two attached hydrogens (primary N) is 1. The third-order valence-corrected chi connectivity index (χ3v) is 4.54. The van der Waals surface area contributed by atoms with Crippen LogP contribution in [0.4, 0.5) is 5.82 Å². The zero-order valence-electron chi connectivity index (χ0n) is 15.6. The Labute approximate surface area is 175 Å². The number of nitro groups is 1. The predicted octanol–water partition coefficient (Wildman–Crippen LogP) is 3.65. The molecule has 0 atom stereocenters. The molecule has 0 aliphatic carbocycles. The van der Waals surface area contributed by atoms with E-state index in [1.807, 2.05) is 0 Å². The number of hydrogen-bond donors (Lipinski definition) is 2. The average molecular weight is 427 g/mol. The van der Waals surface area contributed by atoms with Crippen LogP contribution in [-0.4, -0.2) is 33.6 Å². The van der Waals surface area contributed by atoms with E-state index >= 15 is 0 Å². The van der Waals surface area contributed by atoms with Gasteiger partial charge in [-0.25, -0.2) is 4.79 Å². The second kappa shape index (κ2) is 8.26. The first kappa shape index (κ1) is 20.9. The van der Waals surface area contributed by atoms with Gasteiger partial charge in [0.15, 0.2) is 11.1 Å². The number of nitrogens with one attached hydrogen (secondary N) is 1. The van der Waals surface area contributed by atoms with Gasteiger partial charge in [-0.05, 0) is 46.1 Å². The van der Waals surface area contributed by atoms with Gasteiger partial charge in [0.1, 0.15) is 5.84 Å². The number of aromatic nitrogens is 1. The molecule has 10 heteroatoms. The quantitative estimate of drug-likeness (QED) is 0.152. The lowest BCUT2D eigenvalue weighted by Crippen LogP contribution is -2.13. The number of carbonyl (C=O) groups is 2. The number of carbonyl (C=O) groups excluding carboxylic acids is 2. The molecule has 3 N–H and O–H groups in total. The van der Waals surface area contributed by atoms with Crippen LogP contribution in [0.25, 0.3) is 22.0 Å². The fourth-order valence-electron chi connectivity index (χ4n) is 3.10. The minimum Gasteiger partial charge on any atom is -0.462 e. The predicted molar refractivity (Wildman–Crippen MR) is 111 cm³/mol. The van der Waals surface area contributed by atoms with Crippen LogP contribution in [0.3, 0.4) is 0 Å². The number of fused-ring (bicyclic) bond motifs is 1. The number of ether oxygens (including phenoxy) is 1. The van der Waals surface area contributed by atoms with Gasteiger partial charge in [-0.3, -0.25) is 10.2 Å². The number of nitrogens with zero attached hydrogens (tertiary/aromatic N) is 2. The average Bonchev–Trinajstić information content (AvgIpc) is 2.71. The molecular weight excluding hydrogens is 412 g/mol. The standard InChI is InChI=1S/C20H15ClN4O5/c1-2-30-20(27)16-14(10-6-8-11(9-7-10)18(22)23)15-12(17(21)26)4-3-5-13(15)24-19(16)25(28)29/h3-9H,2H2,1H3,(H3,22,23). The van der Waals surface area contributed by atoms with E-state index in [4.69, 9.17) is 27.5 Å². The van der Waals surface area contributed by atoms with Crippen molar-refractivity contribution >= 4 is 45.4 Å². The number of pyridine rings is 1. The fourth-order valence-corrected chi connectivity index (χ4v) is 3.26. The van der Waals surface area contributed by atoms with Gasteiger partial charge in [-0.2, -0.15) is 0 Å². The van der Waals surface area contributed by atoms with Crippen molar-refractivity contribution in [3.63, 3.8) is 0 Å². The molecule has 1 heterocycles. The van der Waals surface area contributed by atoms with Crippen LogP contribution >= 0.6 is 11.6 Å². The van der Waals surface area contributed by atoms with Crippen molar-refractivity contribution in [1.29, 1.82) is 5.41 Å². The van der Waals surface area contributed by atoms with Gasteiger partial charge in [0.25, 0.3) is 5.24 Å². The summed E-state index contributed by atoms with van der Waals surface area (Å²) in [7, 11) is 0. The summed E-state index contributed by atoms with van der Waals surface area (Å²) in [5.74, 6) is -1.83. The highest BCUT2D eigenvalue weighted by molar-refractivity contribution is 6.68. The molecular formula is C20H15ClN4O5. The molecule has 0 bridgehead atoms.